The average Bonchev–Trinajstić information content (AvgIpc) is 2.46. The van der Waals surface area contributed by atoms with E-state index in [9.17, 15) is 5.11 Å². The van der Waals surface area contributed by atoms with Gasteiger partial charge in [0.2, 0.25) is 0 Å². The summed E-state index contributed by atoms with van der Waals surface area (Å²) in [4.78, 5) is 4.32. The van der Waals surface area contributed by atoms with Gasteiger partial charge in [-0.3, -0.25) is 0 Å². The van der Waals surface area contributed by atoms with Gasteiger partial charge in [-0.1, -0.05) is 18.5 Å². The maximum atomic E-state index is 10.3. The molecule has 0 aromatic carbocycles. The zero-order chi connectivity index (χ0) is 10.3. The summed E-state index contributed by atoms with van der Waals surface area (Å²) in [6, 6.07) is 1.78. The van der Waals surface area contributed by atoms with Crippen LogP contribution in [0.25, 0.3) is 0 Å². The second kappa shape index (κ2) is 3.47. The standard InChI is InChI=1S/C10H11BrClNO/c1-2-10(14)4-3-6-7(12)5-8(11)13-9(6)10/h5,14H,2-4H2,1H3. The van der Waals surface area contributed by atoms with Crippen LogP contribution in [-0.2, 0) is 12.0 Å². The Bertz CT molecular complexity index is 383. The van der Waals surface area contributed by atoms with E-state index in [0.717, 1.165) is 24.1 Å². The quantitative estimate of drug-likeness (QED) is 0.800. The Balaban J connectivity index is 2.60. The van der Waals surface area contributed by atoms with Crippen LogP contribution in [0.2, 0.25) is 5.02 Å². The highest BCUT2D eigenvalue weighted by molar-refractivity contribution is 9.10. The molecule has 0 radical (unpaired) electrons. The first-order chi connectivity index (χ1) is 6.57. The number of rotatable bonds is 1. The smallest absolute Gasteiger partial charge is 0.108 e. The summed E-state index contributed by atoms with van der Waals surface area (Å²) in [5, 5.41) is 11.0. The van der Waals surface area contributed by atoms with Gasteiger partial charge in [0.05, 0.1) is 5.69 Å². The van der Waals surface area contributed by atoms with Crippen molar-refractivity contribution < 1.29 is 5.11 Å². The lowest BCUT2D eigenvalue weighted by molar-refractivity contribution is 0.0305. The number of fused-ring (bicyclic) bond motifs is 1. The third-order valence-corrected chi connectivity index (χ3v) is 3.60. The van der Waals surface area contributed by atoms with Crippen LogP contribution in [0.4, 0.5) is 0 Å². The van der Waals surface area contributed by atoms with Crippen molar-refractivity contribution in [3.05, 3.63) is 26.9 Å². The monoisotopic (exact) mass is 275 g/mol. The number of aliphatic hydroxyl groups is 1. The summed E-state index contributed by atoms with van der Waals surface area (Å²) in [6.07, 6.45) is 2.22. The van der Waals surface area contributed by atoms with Crippen molar-refractivity contribution in [2.45, 2.75) is 31.8 Å². The maximum Gasteiger partial charge on any atom is 0.108 e. The van der Waals surface area contributed by atoms with Crippen LogP contribution in [0, 0.1) is 0 Å². The first-order valence-corrected chi connectivity index (χ1v) is 5.81. The van der Waals surface area contributed by atoms with Gasteiger partial charge in [-0.15, -0.1) is 0 Å². The lowest BCUT2D eigenvalue weighted by Gasteiger charge is -2.20. The summed E-state index contributed by atoms with van der Waals surface area (Å²) in [5.74, 6) is 0. The van der Waals surface area contributed by atoms with Crippen molar-refractivity contribution in [3.63, 3.8) is 0 Å². The van der Waals surface area contributed by atoms with Gasteiger partial charge in [0, 0.05) is 5.02 Å². The highest BCUT2D eigenvalue weighted by Gasteiger charge is 2.37. The van der Waals surface area contributed by atoms with Gasteiger partial charge >= 0.3 is 0 Å². The molecule has 0 bridgehead atoms. The number of nitrogens with zero attached hydrogens (tertiary/aromatic N) is 1. The van der Waals surface area contributed by atoms with Gasteiger partial charge in [-0.2, -0.15) is 0 Å². The van der Waals surface area contributed by atoms with Crippen LogP contribution in [0.1, 0.15) is 31.0 Å². The van der Waals surface area contributed by atoms with Crippen LogP contribution in [-0.4, -0.2) is 10.1 Å². The molecule has 1 heterocycles. The van der Waals surface area contributed by atoms with Gasteiger partial charge in [0.15, 0.2) is 0 Å². The first-order valence-electron chi connectivity index (χ1n) is 4.64. The molecule has 76 valence electrons. The molecule has 1 unspecified atom stereocenters. The number of aromatic nitrogens is 1. The molecule has 0 amide bonds. The van der Waals surface area contributed by atoms with Crippen molar-refractivity contribution in [1.82, 2.24) is 4.98 Å². The molecule has 0 aliphatic heterocycles. The van der Waals surface area contributed by atoms with E-state index in [-0.39, 0.29) is 0 Å². The van der Waals surface area contributed by atoms with Crippen molar-refractivity contribution in [1.29, 1.82) is 0 Å². The summed E-state index contributed by atoms with van der Waals surface area (Å²) in [7, 11) is 0. The molecule has 1 atom stereocenters. The summed E-state index contributed by atoms with van der Waals surface area (Å²) < 4.78 is 0.690. The topological polar surface area (TPSA) is 33.1 Å². The Morgan fingerprint density at radius 1 is 1.71 bits per heavy atom. The van der Waals surface area contributed by atoms with E-state index in [4.69, 9.17) is 11.6 Å². The van der Waals surface area contributed by atoms with Crippen LogP contribution >= 0.6 is 27.5 Å². The van der Waals surface area contributed by atoms with Crippen LogP contribution < -0.4 is 0 Å². The van der Waals surface area contributed by atoms with Gasteiger partial charge in [-0.05, 0) is 46.8 Å². The lowest BCUT2D eigenvalue weighted by Crippen LogP contribution is -2.22. The molecule has 1 aliphatic rings. The van der Waals surface area contributed by atoms with Crippen molar-refractivity contribution in [2.75, 3.05) is 0 Å². The number of hydrogen-bond acceptors (Lipinski definition) is 2. The Labute approximate surface area is 96.4 Å². The molecule has 0 saturated carbocycles. The predicted octanol–water partition coefficient (Wildman–Crippen LogP) is 3.04. The van der Waals surface area contributed by atoms with E-state index < -0.39 is 5.60 Å². The predicted molar refractivity (Wildman–Crippen MR) is 59.5 cm³/mol. The van der Waals surface area contributed by atoms with E-state index in [1.54, 1.807) is 6.07 Å². The van der Waals surface area contributed by atoms with Crippen molar-refractivity contribution >= 4 is 27.5 Å². The van der Waals surface area contributed by atoms with E-state index in [1.165, 1.54) is 0 Å². The average molecular weight is 277 g/mol. The van der Waals surface area contributed by atoms with Crippen LogP contribution in [0.15, 0.2) is 10.7 Å². The summed E-state index contributed by atoms with van der Waals surface area (Å²) in [6.45, 7) is 1.96. The Morgan fingerprint density at radius 3 is 3.07 bits per heavy atom. The van der Waals surface area contributed by atoms with Crippen molar-refractivity contribution in [2.24, 2.45) is 0 Å². The zero-order valence-electron chi connectivity index (χ0n) is 7.85. The number of hydrogen-bond donors (Lipinski definition) is 1. The minimum atomic E-state index is -0.775. The molecule has 1 N–H and O–H groups in total. The Kier molecular flexibility index (Phi) is 2.58. The van der Waals surface area contributed by atoms with E-state index >= 15 is 0 Å². The lowest BCUT2D eigenvalue weighted by atomic mass is 9.98. The van der Waals surface area contributed by atoms with E-state index in [1.807, 2.05) is 6.92 Å². The minimum absolute atomic E-state index is 0.680. The molecule has 0 fully saturated rings. The molecule has 14 heavy (non-hydrogen) atoms. The minimum Gasteiger partial charge on any atom is -0.384 e. The summed E-state index contributed by atoms with van der Waals surface area (Å²) >= 11 is 9.37. The second-order valence-corrected chi connectivity index (χ2v) is 4.86. The highest BCUT2D eigenvalue weighted by Crippen LogP contribution is 2.41. The number of halogens is 2. The van der Waals surface area contributed by atoms with Crippen LogP contribution in [0.3, 0.4) is 0 Å². The fourth-order valence-electron chi connectivity index (χ4n) is 1.93. The van der Waals surface area contributed by atoms with Gasteiger partial charge in [0.25, 0.3) is 0 Å². The van der Waals surface area contributed by atoms with Crippen molar-refractivity contribution in [3.8, 4) is 0 Å². The van der Waals surface area contributed by atoms with Gasteiger partial charge in [-0.25, -0.2) is 4.98 Å². The molecule has 1 aromatic heterocycles. The molecule has 1 aromatic rings. The summed E-state index contributed by atoms with van der Waals surface area (Å²) in [5.41, 5.74) is 0.974. The molecule has 2 nitrogen and oxygen atoms in total. The highest BCUT2D eigenvalue weighted by atomic mass is 79.9. The Morgan fingerprint density at radius 2 is 2.43 bits per heavy atom. The second-order valence-electron chi connectivity index (χ2n) is 3.64. The normalized spacial score (nSPS) is 25.1. The first kappa shape index (κ1) is 10.4. The third kappa shape index (κ3) is 1.47. The molecule has 0 spiro atoms. The fraction of sp³-hybridized carbons (Fsp3) is 0.500. The fourth-order valence-corrected chi connectivity index (χ4v) is 2.75. The zero-order valence-corrected chi connectivity index (χ0v) is 10.2. The molecule has 4 heteroatoms. The SMILES string of the molecule is CCC1(O)CCc2c(Cl)cc(Br)nc21. The molecular weight excluding hydrogens is 265 g/mol. The van der Waals surface area contributed by atoms with Gasteiger partial charge < -0.3 is 5.11 Å². The van der Waals surface area contributed by atoms with Crippen LogP contribution in [0.5, 0.6) is 0 Å². The Hall–Kier alpha value is -0.120. The molecule has 0 saturated heterocycles. The third-order valence-electron chi connectivity index (χ3n) is 2.85. The van der Waals surface area contributed by atoms with E-state index in [2.05, 4.69) is 20.9 Å². The maximum absolute atomic E-state index is 10.3. The number of pyridine rings is 1. The van der Waals surface area contributed by atoms with E-state index in [0.29, 0.717) is 16.0 Å². The van der Waals surface area contributed by atoms with Gasteiger partial charge in [0.1, 0.15) is 10.2 Å². The molecule has 1 aliphatic carbocycles. The molecular formula is C10H11BrClNO. The molecule has 2 rings (SSSR count). The largest absolute Gasteiger partial charge is 0.384 e.